The molecular weight excluding hydrogens is 346 g/mol. The summed E-state index contributed by atoms with van der Waals surface area (Å²) in [6.45, 7) is 1.82. The molecule has 0 N–H and O–H groups in total. The van der Waals surface area contributed by atoms with Crippen LogP contribution in [0.25, 0.3) is 0 Å². The van der Waals surface area contributed by atoms with Crippen LogP contribution in [0.2, 0.25) is 0 Å². The molecule has 0 spiro atoms. The Balaban J connectivity index is 1.93. The quantitative estimate of drug-likeness (QED) is 0.452. The number of benzene rings is 1. The van der Waals surface area contributed by atoms with Gasteiger partial charge in [0.05, 0.1) is 18.4 Å². The van der Waals surface area contributed by atoms with Gasteiger partial charge in [0.2, 0.25) is 5.78 Å². The fourth-order valence-electron chi connectivity index (χ4n) is 3.68. The number of Topliss-reactive ketones (excluding diaryl/α,β-unsaturated/α-hetero) is 1. The second-order valence-electron chi connectivity index (χ2n) is 6.96. The molecule has 3 rings (SSSR count). The summed E-state index contributed by atoms with van der Waals surface area (Å²) < 4.78 is 11.3. The van der Waals surface area contributed by atoms with Gasteiger partial charge >= 0.3 is 11.9 Å². The average Bonchev–Trinajstić information content (AvgIpc) is 2.81. The molecule has 1 heterocycles. The number of carbonyl (C=O) groups excluding carboxylic acids is 3. The van der Waals surface area contributed by atoms with Crippen LogP contribution < -0.4 is 0 Å². The van der Waals surface area contributed by atoms with Crippen molar-refractivity contribution in [1.29, 1.82) is 0 Å². The van der Waals surface area contributed by atoms with E-state index in [4.69, 9.17) is 9.47 Å². The molecule has 6 nitrogen and oxygen atoms in total. The van der Waals surface area contributed by atoms with E-state index in [-0.39, 0.29) is 19.1 Å². The Kier molecular flexibility index (Phi) is 6.50. The lowest BCUT2D eigenvalue weighted by atomic mass is 9.92. The molecule has 1 aliphatic carbocycles. The monoisotopic (exact) mass is 371 g/mol. The van der Waals surface area contributed by atoms with Gasteiger partial charge in [0.25, 0.3) is 0 Å². The Bertz CT molecular complexity index is 721. The SMILES string of the molecule is CCOC(=O)C1CC(OC2CCCCC2)C(c2ccccc2)=NC(=O)C1=O. The summed E-state index contributed by atoms with van der Waals surface area (Å²) in [4.78, 5) is 41.2. The van der Waals surface area contributed by atoms with Crippen molar-refractivity contribution in [3.05, 3.63) is 35.9 Å². The number of esters is 1. The maximum atomic E-state index is 12.5. The molecule has 2 aliphatic rings. The standard InChI is InChI=1S/C21H25NO5/c1-2-26-21(25)16-13-17(27-15-11-7-4-8-12-15)18(22-20(24)19(16)23)14-9-5-3-6-10-14/h3,5-6,9-10,15-17H,2,4,7-8,11-13H2,1H3. The number of rotatable bonds is 5. The predicted molar refractivity (Wildman–Crippen MR) is 99.5 cm³/mol. The first kappa shape index (κ1) is 19.4. The minimum absolute atomic E-state index is 0.0452. The van der Waals surface area contributed by atoms with Crippen LogP contribution in [0, 0.1) is 5.92 Å². The number of ketones is 1. The largest absolute Gasteiger partial charge is 0.465 e. The van der Waals surface area contributed by atoms with Crippen molar-refractivity contribution < 1.29 is 23.9 Å². The van der Waals surface area contributed by atoms with E-state index in [0.29, 0.717) is 5.71 Å². The van der Waals surface area contributed by atoms with Crippen LogP contribution in [0.5, 0.6) is 0 Å². The summed E-state index contributed by atoms with van der Waals surface area (Å²) in [6, 6.07) is 9.22. The Labute approximate surface area is 159 Å². The summed E-state index contributed by atoms with van der Waals surface area (Å²) in [5.41, 5.74) is 1.15. The molecule has 144 valence electrons. The lowest BCUT2D eigenvalue weighted by molar-refractivity contribution is -0.155. The first-order valence-electron chi connectivity index (χ1n) is 9.64. The van der Waals surface area contributed by atoms with Gasteiger partial charge in [-0.25, -0.2) is 4.99 Å². The fourth-order valence-corrected chi connectivity index (χ4v) is 3.68. The summed E-state index contributed by atoms with van der Waals surface area (Å²) in [5, 5.41) is 0. The minimum atomic E-state index is -1.17. The zero-order valence-electron chi connectivity index (χ0n) is 15.6. The Morgan fingerprint density at radius 2 is 1.81 bits per heavy atom. The van der Waals surface area contributed by atoms with Crippen molar-refractivity contribution in [3.8, 4) is 0 Å². The van der Waals surface area contributed by atoms with Gasteiger partial charge in [-0.3, -0.25) is 14.4 Å². The van der Waals surface area contributed by atoms with Gasteiger partial charge in [-0.15, -0.1) is 0 Å². The molecule has 6 heteroatoms. The topological polar surface area (TPSA) is 82.0 Å². The Morgan fingerprint density at radius 1 is 1.11 bits per heavy atom. The van der Waals surface area contributed by atoms with E-state index in [9.17, 15) is 14.4 Å². The van der Waals surface area contributed by atoms with Gasteiger partial charge in [-0.2, -0.15) is 0 Å². The molecule has 1 aromatic carbocycles. The van der Waals surface area contributed by atoms with E-state index >= 15 is 0 Å². The first-order valence-corrected chi connectivity index (χ1v) is 9.64. The highest BCUT2D eigenvalue weighted by Crippen LogP contribution is 2.27. The molecule has 0 radical (unpaired) electrons. The van der Waals surface area contributed by atoms with Gasteiger partial charge in [0, 0.05) is 6.42 Å². The van der Waals surface area contributed by atoms with E-state index in [1.54, 1.807) is 6.92 Å². The highest BCUT2D eigenvalue weighted by atomic mass is 16.5. The lowest BCUT2D eigenvalue weighted by Crippen LogP contribution is -2.36. The van der Waals surface area contributed by atoms with Gasteiger partial charge in [0.1, 0.15) is 12.0 Å². The van der Waals surface area contributed by atoms with Gasteiger partial charge < -0.3 is 9.47 Å². The minimum Gasteiger partial charge on any atom is -0.465 e. The van der Waals surface area contributed by atoms with Crippen LogP contribution >= 0.6 is 0 Å². The summed E-state index contributed by atoms with van der Waals surface area (Å²) in [6.07, 6.45) is 4.77. The van der Waals surface area contributed by atoms with Gasteiger partial charge in [-0.05, 0) is 25.3 Å². The van der Waals surface area contributed by atoms with Crippen molar-refractivity contribution in [1.82, 2.24) is 0 Å². The normalized spacial score (nSPS) is 24.3. The van der Waals surface area contributed by atoms with Crippen molar-refractivity contribution in [2.24, 2.45) is 10.9 Å². The lowest BCUT2D eigenvalue weighted by Gasteiger charge is -2.28. The molecule has 1 fully saturated rings. The van der Waals surface area contributed by atoms with E-state index in [1.165, 1.54) is 6.42 Å². The number of carbonyl (C=O) groups is 3. The van der Waals surface area contributed by atoms with Crippen LogP contribution in [0.3, 0.4) is 0 Å². The second kappa shape index (κ2) is 9.04. The van der Waals surface area contributed by atoms with Gasteiger partial charge in [-0.1, -0.05) is 49.6 Å². The maximum Gasteiger partial charge on any atom is 0.317 e. The summed E-state index contributed by atoms with van der Waals surface area (Å²) in [7, 11) is 0. The molecule has 0 bridgehead atoms. The van der Waals surface area contributed by atoms with E-state index in [2.05, 4.69) is 4.99 Å². The Morgan fingerprint density at radius 3 is 2.48 bits per heavy atom. The molecule has 0 saturated heterocycles. The maximum absolute atomic E-state index is 12.5. The molecule has 1 saturated carbocycles. The fraction of sp³-hybridized carbons (Fsp3) is 0.524. The number of aliphatic imine (C=N–C) groups is 1. The van der Waals surface area contributed by atoms with Crippen LogP contribution in [0.15, 0.2) is 35.3 Å². The second-order valence-corrected chi connectivity index (χ2v) is 6.96. The highest BCUT2D eigenvalue weighted by Gasteiger charge is 2.41. The third-order valence-corrected chi connectivity index (χ3v) is 5.05. The van der Waals surface area contributed by atoms with Crippen molar-refractivity contribution >= 4 is 23.4 Å². The smallest absolute Gasteiger partial charge is 0.317 e. The molecule has 2 unspecified atom stereocenters. The molecule has 2 atom stereocenters. The van der Waals surface area contributed by atoms with Crippen molar-refractivity contribution in [2.75, 3.05) is 6.61 Å². The number of hydrogen-bond donors (Lipinski definition) is 0. The molecule has 27 heavy (non-hydrogen) atoms. The summed E-state index contributed by atoms with van der Waals surface area (Å²) in [5.74, 6) is -3.59. The molecule has 1 amide bonds. The predicted octanol–water partition coefficient (Wildman–Crippen LogP) is 2.87. The number of nitrogens with zero attached hydrogens (tertiary/aromatic N) is 1. The zero-order chi connectivity index (χ0) is 19.2. The van der Waals surface area contributed by atoms with Crippen LogP contribution in [-0.2, 0) is 23.9 Å². The Hall–Kier alpha value is -2.34. The summed E-state index contributed by atoms with van der Waals surface area (Å²) >= 11 is 0. The average molecular weight is 371 g/mol. The zero-order valence-corrected chi connectivity index (χ0v) is 15.6. The van der Waals surface area contributed by atoms with E-state index in [0.717, 1.165) is 31.2 Å². The number of ether oxygens (including phenoxy) is 2. The molecule has 0 aromatic heterocycles. The number of hydrogen-bond acceptors (Lipinski definition) is 5. The number of amides is 1. The van der Waals surface area contributed by atoms with E-state index < -0.39 is 29.7 Å². The third-order valence-electron chi connectivity index (χ3n) is 5.05. The van der Waals surface area contributed by atoms with E-state index in [1.807, 2.05) is 30.3 Å². The highest BCUT2D eigenvalue weighted by molar-refractivity contribution is 6.43. The van der Waals surface area contributed by atoms with Crippen LogP contribution in [0.1, 0.15) is 51.0 Å². The third kappa shape index (κ3) is 4.69. The van der Waals surface area contributed by atoms with Crippen molar-refractivity contribution in [2.45, 2.75) is 57.7 Å². The van der Waals surface area contributed by atoms with Crippen molar-refractivity contribution in [3.63, 3.8) is 0 Å². The molecule has 1 aliphatic heterocycles. The molecule has 1 aromatic rings. The first-order chi connectivity index (χ1) is 13.1. The molecular formula is C21H25NO5. The van der Waals surface area contributed by atoms with Crippen LogP contribution in [-0.4, -0.2) is 42.2 Å². The van der Waals surface area contributed by atoms with Crippen LogP contribution in [0.4, 0.5) is 0 Å². The van der Waals surface area contributed by atoms with Gasteiger partial charge in [0.15, 0.2) is 0 Å².